The van der Waals surface area contributed by atoms with Crippen molar-refractivity contribution in [1.82, 2.24) is 9.88 Å². The maximum Gasteiger partial charge on any atom is 0.108 e. The number of aromatic nitrogens is 1. The van der Waals surface area contributed by atoms with E-state index in [0.717, 1.165) is 54.6 Å². The van der Waals surface area contributed by atoms with Crippen molar-refractivity contribution in [3.8, 4) is 0 Å². The Hall–Kier alpha value is -1.52. The van der Waals surface area contributed by atoms with Gasteiger partial charge in [0.25, 0.3) is 0 Å². The maximum absolute atomic E-state index is 6.58. The first-order chi connectivity index (χ1) is 14.0. The number of benzene rings is 2. The van der Waals surface area contributed by atoms with Crippen LogP contribution in [0.1, 0.15) is 42.5 Å². The summed E-state index contributed by atoms with van der Waals surface area (Å²) in [4.78, 5) is 6.04. The number of hydrogen-bond acceptors (Lipinski definition) is 2. The van der Waals surface area contributed by atoms with Crippen LogP contribution in [-0.4, -0.2) is 30.6 Å². The lowest BCUT2D eigenvalue weighted by molar-refractivity contribution is -0.113. The second-order valence-corrected chi connectivity index (χ2v) is 9.52. The van der Waals surface area contributed by atoms with E-state index in [1.54, 1.807) is 0 Å². The average molecular weight is 429 g/mol. The molecule has 0 radical (unpaired) electrons. The van der Waals surface area contributed by atoms with Gasteiger partial charge in [0.15, 0.2) is 0 Å². The Morgan fingerprint density at radius 2 is 1.72 bits per heavy atom. The van der Waals surface area contributed by atoms with Crippen LogP contribution in [0.5, 0.6) is 0 Å². The minimum Gasteiger partial charge on any atom is -0.368 e. The van der Waals surface area contributed by atoms with Gasteiger partial charge >= 0.3 is 0 Å². The summed E-state index contributed by atoms with van der Waals surface area (Å²) in [5, 5.41) is 2.50. The fraction of sp³-hybridized carbons (Fsp3) is 0.417. The zero-order chi connectivity index (χ0) is 20.2. The number of fused-ring (bicyclic) bond motifs is 4. The van der Waals surface area contributed by atoms with Gasteiger partial charge in [-0.2, -0.15) is 0 Å². The molecule has 1 fully saturated rings. The SMILES string of the molecule is CN(C)C1(c2ccccc2)CCC2(CC1)OCCc1c2[nH]c2cc(Cl)cc(Cl)c12. The van der Waals surface area contributed by atoms with Crippen LogP contribution in [0.15, 0.2) is 42.5 Å². The Labute approximate surface area is 181 Å². The number of rotatable bonds is 2. The second kappa shape index (κ2) is 7.02. The third kappa shape index (κ3) is 2.94. The molecule has 2 aromatic carbocycles. The van der Waals surface area contributed by atoms with E-state index < -0.39 is 0 Å². The molecule has 1 saturated carbocycles. The molecule has 2 heterocycles. The van der Waals surface area contributed by atoms with Crippen molar-refractivity contribution in [2.24, 2.45) is 0 Å². The summed E-state index contributed by atoms with van der Waals surface area (Å²) in [7, 11) is 4.39. The van der Waals surface area contributed by atoms with Crippen LogP contribution in [-0.2, 0) is 22.3 Å². The smallest absolute Gasteiger partial charge is 0.108 e. The molecule has 152 valence electrons. The highest BCUT2D eigenvalue weighted by atomic mass is 35.5. The Morgan fingerprint density at radius 3 is 2.41 bits per heavy atom. The summed E-state index contributed by atoms with van der Waals surface area (Å²) in [6.07, 6.45) is 4.94. The molecule has 0 bridgehead atoms. The topological polar surface area (TPSA) is 28.3 Å². The van der Waals surface area contributed by atoms with Gasteiger partial charge in [-0.05, 0) is 69.5 Å². The monoisotopic (exact) mass is 428 g/mol. The maximum atomic E-state index is 6.58. The molecule has 0 amide bonds. The van der Waals surface area contributed by atoms with Crippen molar-refractivity contribution in [3.05, 3.63) is 69.3 Å². The van der Waals surface area contributed by atoms with Gasteiger partial charge in [-0.25, -0.2) is 0 Å². The van der Waals surface area contributed by atoms with Crippen LogP contribution < -0.4 is 0 Å². The fourth-order valence-corrected chi connectivity index (χ4v) is 6.19. The molecule has 3 aromatic rings. The van der Waals surface area contributed by atoms with Crippen LogP contribution >= 0.6 is 23.2 Å². The van der Waals surface area contributed by atoms with Crippen LogP contribution in [0, 0.1) is 0 Å². The number of hydrogen-bond donors (Lipinski definition) is 1. The summed E-state index contributed by atoms with van der Waals surface area (Å²) in [5.41, 5.74) is 4.71. The first kappa shape index (κ1) is 19.4. The van der Waals surface area contributed by atoms with Crippen LogP contribution in [0.4, 0.5) is 0 Å². The van der Waals surface area contributed by atoms with E-state index in [1.807, 2.05) is 12.1 Å². The number of nitrogens with one attached hydrogen (secondary N) is 1. The van der Waals surface area contributed by atoms with E-state index in [-0.39, 0.29) is 11.1 Å². The Kier molecular flexibility index (Phi) is 4.71. The molecule has 0 atom stereocenters. The van der Waals surface area contributed by atoms with Crippen molar-refractivity contribution < 1.29 is 4.74 Å². The second-order valence-electron chi connectivity index (χ2n) is 8.67. The van der Waals surface area contributed by atoms with Gasteiger partial charge in [-0.15, -0.1) is 0 Å². The lowest BCUT2D eigenvalue weighted by atomic mass is 9.68. The standard InChI is InChI=1S/C24H26Cl2N2O/c1-28(2)23(16-6-4-3-5-7-16)9-11-24(12-10-23)22-18(8-13-29-24)21-19(26)14-17(25)15-20(21)27-22/h3-7,14-15,27H,8-13H2,1-2H3. The van der Waals surface area contributed by atoms with Gasteiger partial charge in [-0.1, -0.05) is 53.5 Å². The van der Waals surface area contributed by atoms with Gasteiger partial charge in [0.05, 0.1) is 17.3 Å². The minimum atomic E-state index is -0.267. The molecular weight excluding hydrogens is 403 g/mol. The zero-order valence-electron chi connectivity index (χ0n) is 16.9. The fourth-order valence-electron chi connectivity index (χ4n) is 5.58. The number of H-pyrrole nitrogens is 1. The summed E-state index contributed by atoms with van der Waals surface area (Å²) in [6.45, 7) is 0.735. The van der Waals surface area contributed by atoms with Crippen molar-refractivity contribution in [1.29, 1.82) is 0 Å². The molecule has 2 aliphatic rings. The molecule has 29 heavy (non-hydrogen) atoms. The Balaban J connectivity index is 1.56. The first-order valence-corrected chi connectivity index (χ1v) is 11.1. The van der Waals surface area contributed by atoms with Gasteiger partial charge in [0.1, 0.15) is 5.60 Å². The number of halogens is 2. The number of ether oxygens (including phenoxy) is 1. The van der Waals surface area contributed by atoms with E-state index in [4.69, 9.17) is 27.9 Å². The van der Waals surface area contributed by atoms with E-state index in [9.17, 15) is 0 Å². The largest absolute Gasteiger partial charge is 0.368 e. The third-order valence-corrected chi connectivity index (χ3v) is 7.67. The minimum absolute atomic E-state index is 0.0421. The van der Waals surface area contributed by atoms with Crippen molar-refractivity contribution in [3.63, 3.8) is 0 Å². The van der Waals surface area contributed by atoms with Crippen LogP contribution in [0.3, 0.4) is 0 Å². The normalized spacial score (nSPS) is 26.9. The molecule has 5 heteroatoms. The quantitative estimate of drug-likeness (QED) is 0.520. The molecule has 0 saturated heterocycles. The molecule has 1 aliphatic carbocycles. The molecule has 0 unspecified atom stereocenters. The van der Waals surface area contributed by atoms with Crippen LogP contribution in [0.2, 0.25) is 10.0 Å². The van der Waals surface area contributed by atoms with E-state index in [1.165, 1.54) is 16.8 Å². The molecule has 1 aromatic heterocycles. The van der Waals surface area contributed by atoms with Crippen molar-refractivity contribution in [2.75, 3.05) is 20.7 Å². The van der Waals surface area contributed by atoms with E-state index in [0.29, 0.717) is 5.02 Å². The highest BCUT2D eigenvalue weighted by Crippen LogP contribution is 2.53. The lowest BCUT2D eigenvalue weighted by Gasteiger charge is -2.50. The van der Waals surface area contributed by atoms with Gasteiger partial charge in [-0.3, -0.25) is 4.90 Å². The van der Waals surface area contributed by atoms with Crippen molar-refractivity contribution >= 4 is 34.1 Å². The third-order valence-electron chi connectivity index (χ3n) is 7.16. The highest BCUT2D eigenvalue weighted by Gasteiger charge is 2.49. The predicted molar refractivity (Wildman–Crippen MR) is 120 cm³/mol. The Bertz CT molecular complexity index is 1050. The Morgan fingerprint density at radius 1 is 1.00 bits per heavy atom. The molecule has 3 nitrogen and oxygen atoms in total. The van der Waals surface area contributed by atoms with Gasteiger partial charge < -0.3 is 9.72 Å². The van der Waals surface area contributed by atoms with Crippen molar-refractivity contribution in [2.45, 2.75) is 43.2 Å². The first-order valence-electron chi connectivity index (χ1n) is 10.3. The molecule has 1 N–H and O–H groups in total. The molecular formula is C24H26Cl2N2O. The summed E-state index contributed by atoms with van der Waals surface area (Å²) in [5.74, 6) is 0. The number of aromatic amines is 1. The zero-order valence-corrected chi connectivity index (χ0v) is 18.4. The van der Waals surface area contributed by atoms with E-state index in [2.05, 4.69) is 54.3 Å². The molecule has 5 rings (SSSR count). The summed E-state index contributed by atoms with van der Waals surface area (Å²) in [6, 6.07) is 14.7. The molecule has 1 aliphatic heterocycles. The van der Waals surface area contributed by atoms with Gasteiger partial charge in [0.2, 0.25) is 0 Å². The highest BCUT2D eigenvalue weighted by molar-refractivity contribution is 6.38. The summed E-state index contributed by atoms with van der Waals surface area (Å²) < 4.78 is 6.52. The van der Waals surface area contributed by atoms with Crippen LogP contribution in [0.25, 0.3) is 10.9 Å². The average Bonchev–Trinajstić information content (AvgIpc) is 3.09. The van der Waals surface area contributed by atoms with E-state index >= 15 is 0 Å². The lowest BCUT2D eigenvalue weighted by Crippen LogP contribution is -2.50. The predicted octanol–water partition coefficient (Wildman–Crippen LogP) is 6.27. The molecule has 1 spiro atoms. The summed E-state index contributed by atoms with van der Waals surface area (Å²) >= 11 is 12.8. The van der Waals surface area contributed by atoms with Gasteiger partial charge in [0, 0.05) is 21.5 Å². The number of nitrogens with zero attached hydrogens (tertiary/aromatic N) is 1.